The molecule has 0 aliphatic carbocycles. The van der Waals surface area contributed by atoms with Gasteiger partial charge in [-0.2, -0.15) is 5.10 Å². The van der Waals surface area contributed by atoms with Crippen LogP contribution in [0, 0.1) is 5.92 Å². The molecule has 1 amide bonds. The molecule has 0 spiro atoms. The smallest absolute Gasteiger partial charge is 0.274 e. The van der Waals surface area contributed by atoms with Gasteiger partial charge in [0.2, 0.25) is 0 Å². The summed E-state index contributed by atoms with van der Waals surface area (Å²) in [6.07, 6.45) is 2.94. The van der Waals surface area contributed by atoms with Crippen molar-refractivity contribution >= 4 is 11.6 Å². The number of benzene rings is 2. The van der Waals surface area contributed by atoms with Gasteiger partial charge in [-0.3, -0.25) is 4.79 Å². The highest BCUT2D eigenvalue weighted by molar-refractivity contribution is 5.98. The van der Waals surface area contributed by atoms with Crippen LogP contribution in [0.2, 0.25) is 0 Å². The Morgan fingerprint density at radius 3 is 2.44 bits per heavy atom. The maximum Gasteiger partial charge on any atom is 0.274 e. The van der Waals surface area contributed by atoms with E-state index in [1.165, 1.54) is 0 Å². The van der Waals surface area contributed by atoms with Gasteiger partial charge in [-0.15, -0.1) is 0 Å². The van der Waals surface area contributed by atoms with Crippen LogP contribution < -0.4 is 0 Å². The molecule has 2 aromatic rings. The van der Waals surface area contributed by atoms with Crippen molar-refractivity contribution in [3.8, 4) is 0 Å². The number of hydrogen-bond acceptors (Lipinski definition) is 3. The first-order valence-corrected chi connectivity index (χ1v) is 8.91. The van der Waals surface area contributed by atoms with Crippen molar-refractivity contribution in [2.45, 2.75) is 25.3 Å². The highest BCUT2D eigenvalue weighted by Gasteiger charge is 2.36. The minimum atomic E-state index is -0.0406. The molecule has 1 saturated heterocycles. The molecule has 128 valence electrons. The predicted octanol–water partition coefficient (Wildman–Crippen LogP) is 4.06. The summed E-state index contributed by atoms with van der Waals surface area (Å²) in [5, 5.41) is 6.44. The summed E-state index contributed by atoms with van der Waals surface area (Å²) in [5.41, 5.74) is 2.90. The van der Waals surface area contributed by atoms with Crippen molar-refractivity contribution in [1.29, 1.82) is 0 Å². The Hall–Kier alpha value is -2.46. The Balaban J connectivity index is 1.65. The van der Waals surface area contributed by atoms with Gasteiger partial charge < -0.3 is 4.74 Å². The highest BCUT2D eigenvalue weighted by atomic mass is 16.5. The van der Waals surface area contributed by atoms with Crippen LogP contribution in [-0.4, -0.2) is 29.8 Å². The lowest BCUT2D eigenvalue weighted by Crippen LogP contribution is -2.27. The van der Waals surface area contributed by atoms with Gasteiger partial charge in [0.1, 0.15) is 0 Å². The van der Waals surface area contributed by atoms with Gasteiger partial charge in [-0.05, 0) is 30.5 Å². The lowest BCUT2D eigenvalue weighted by atomic mass is 9.91. The molecule has 2 aliphatic rings. The van der Waals surface area contributed by atoms with Crippen LogP contribution in [0.25, 0.3) is 0 Å². The fourth-order valence-corrected chi connectivity index (χ4v) is 3.62. The zero-order valence-corrected chi connectivity index (χ0v) is 14.2. The molecular formula is C21H22N2O2. The fourth-order valence-electron chi connectivity index (χ4n) is 3.62. The van der Waals surface area contributed by atoms with Crippen LogP contribution in [-0.2, 0) is 4.74 Å². The number of amides is 1. The molecule has 2 aromatic carbocycles. The number of hydrazone groups is 1. The number of rotatable bonds is 3. The standard InChI is InChI=1S/C21H22N2O2/c24-21(17-10-5-2-6-11-17)23-20(16-8-3-1-4-9-16)14-19(22-23)18-12-7-13-25-15-18/h1-6,8-11,18,20H,7,12-15H2. The van der Waals surface area contributed by atoms with E-state index in [0.29, 0.717) is 18.1 Å². The van der Waals surface area contributed by atoms with E-state index in [4.69, 9.17) is 9.84 Å². The van der Waals surface area contributed by atoms with Crippen LogP contribution in [0.1, 0.15) is 41.2 Å². The number of ether oxygens (including phenoxy) is 1. The van der Waals surface area contributed by atoms with E-state index in [9.17, 15) is 4.79 Å². The van der Waals surface area contributed by atoms with Crippen molar-refractivity contribution in [1.82, 2.24) is 5.01 Å². The minimum absolute atomic E-state index is 0.0363. The molecule has 2 atom stereocenters. The van der Waals surface area contributed by atoms with E-state index in [1.54, 1.807) is 5.01 Å². The quantitative estimate of drug-likeness (QED) is 0.849. The van der Waals surface area contributed by atoms with Gasteiger partial charge in [-0.25, -0.2) is 5.01 Å². The molecule has 2 unspecified atom stereocenters. The Kier molecular flexibility index (Phi) is 4.61. The largest absolute Gasteiger partial charge is 0.381 e. The Bertz CT molecular complexity index is 752. The van der Waals surface area contributed by atoms with Crippen molar-refractivity contribution in [2.75, 3.05) is 13.2 Å². The average molecular weight is 334 g/mol. The average Bonchev–Trinajstić information content (AvgIpc) is 3.15. The number of hydrogen-bond donors (Lipinski definition) is 0. The first kappa shape index (κ1) is 16.0. The second-order valence-corrected chi connectivity index (χ2v) is 6.65. The Labute approximate surface area is 148 Å². The molecule has 0 bridgehead atoms. The molecule has 0 aromatic heterocycles. The van der Waals surface area contributed by atoms with Crippen molar-refractivity contribution in [2.24, 2.45) is 11.0 Å². The first-order chi connectivity index (χ1) is 12.3. The lowest BCUT2D eigenvalue weighted by molar-refractivity contribution is 0.0708. The summed E-state index contributed by atoms with van der Waals surface area (Å²) < 4.78 is 5.63. The molecule has 0 radical (unpaired) electrons. The normalized spacial score (nSPS) is 23.4. The van der Waals surface area contributed by atoms with E-state index in [0.717, 1.165) is 37.1 Å². The van der Waals surface area contributed by atoms with Crippen molar-refractivity contribution in [3.05, 3.63) is 71.8 Å². The minimum Gasteiger partial charge on any atom is -0.381 e. The van der Waals surface area contributed by atoms with E-state index < -0.39 is 0 Å². The maximum atomic E-state index is 13.0. The molecule has 25 heavy (non-hydrogen) atoms. The monoisotopic (exact) mass is 334 g/mol. The predicted molar refractivity (Wildman–Crippen MR) is 97.4 cm³/mol. The number of carbonyl (C=O) groups is 1. The van der Waals surface area contributed by atoms with E-state index >= 15 is 0 Å². The van der Waals surface area contributed by atoms with Crippen LogP contribution in [0.3, 0.4) is 0 Å². The van der Waals surface area contributed by atoms with Gasteiger partial charge in [0, 0.05) is 30.2 Å². The van der Waals surface area contributed by atoms with Crippen LogP contribution >= 0.6 is 0 Å². The third-order valence-electron chi connectivity index (χ3n) is 4.98. The van der Waals surface area contributed by atoms with Crippen LogP contribution in [0.15, 0.2) is 65.8 Å². The summed E-state index contributed by atoms with van der Waals surface area (Å²) in [6.45, 7) is 1.55. The summed E-state index contributed by atoms with van der Waals surface area (Å²) in [5.74, 6) is 0.287. The molecule has 2 aliphatic heterocycles. The highest BCUT2D eigenvalue weighted by Crippen LogP contribution is 2.35. The number of carbonyl (C=O) groups excluding carboxylic acids is 1. The molecule has 0 saturated carbocycles. The third-order valence-corrected chi connectivity index (χ3v) is 4.98. The SMILES string of the molecule is O=C(c1ccccc1)N1N=C(C2CCCOC2)CC1c1ccccc1. The van der Waals surface area contributed by atoms with Gasteiger partial charge >= 0.3 is 0 Å². The van der Waals surface area contributed by atoms with Gasteiger partial charge in [-0.1, -0.05) is 48.5 Å². The van der Waals surface area contributed by atoms with Gasteiger partial charge in [0.15, 0.2) is 0 Å². The van der Waals surface area contributed by atoms with E-state index in [-0.39, 0.29) is 11.9 Å². The molecule has 4 nitrogen and oxygen atoms in total. The number of nitrogens with zero attached hydrogens (tertiary/aromatic N) is 2. The summed E-state index contributed by atoms with van der Waals surface area (Å²) in [6, 6.07) is 19.5. The summed E-state index contributed by atoms with van der Waals surface area (Å²) >= 11 is 0. The third kappa shape index (κ3) is 3.35. The van der Waals surface area contributed by atoms with Crippen LogP contribution in [0.5, 0.6) is 0 Å². The molecule has 0 N–H and O–H groups in total. The first-order valence-electron chi connectivity index (χ1n) is 8.91. The lowest BCUT2D eigenvalue weighted by Gasteiger charge is -2.22. The second-order valence-electron chi connectivity index (χ2n) is 6.65. The fraction of sp³-hybridized carbons (Fsp3) is 0.333. The van der Waals surface area contributed by atoms with Crippen LogP contribution in [0.4, 0.5) is 0 Å². The topological polar surface area (TPSA) is 41.9 Å². The zero-order chi connectivity index (χ0) is 17.1. The van der Waals surface area contributed by atoms with Crippen molar-refractivity contribution < 1.29 is 9.53 Å². The maximum absolute atomic E-state index is 13.0. The molecular weight excluding hydrogens is 312 g/mol. The molecule has 4 rings (SSSR count). The van der Waals surface area contributed by atoms with Gasteiger partial charge in [0.25, 0.3) is 5.91 Å². The Morgan fingerprint density at radius 2 is 1.76 bits per heavy atom. The second kappa shape index (κ2) is 7.19. The van der Waals surface area contributed by atoms with E-state index in [2.05, 4.69) is 12.1 Å². The van der Waals surface area contributed by atoms with Crippen molar-refractivity contribution in [3.63, 3.8) is 0 Å². The molecule has 1 fully saturated rings. The Morgan fingerprint density at radius 1 is 1.04 bits per heavy atom. The molecule has 2 heterocycles. The van der Waals surface area contributed by atoms with E-state index in [1.807, 2.05) is 48.5 Å². The molecule has 4 heteroatoms. The summed E-state index contributed by atoms with van der Waals surface area (Å²) in [4.78, 5) is 13.0. The van der Waals surface area contributed by atoms with Gasteiger partial charge in [0.05, 0.1) is 12.6 Å². The summed E-state index contributed by atoms with van der Waals surface area (Å²) in [7, 11) is 0. The zero-order valence-electron chi connectivity index (χ0n) is 14.2.